The molecule has 2 aromatic heterocycles. The van der Waals surface area contributed by atoms with Crippen molar-refractivity contribution in [3.05, 3.63) is 23.7 Å². The van der Waals surface area contributed by atoms with E-state index in [0.717, 1.165) is 22.6 Å². The van der Waals surface area contributed by atoms with Gasteiger partial charge in [0.1, 0.15) is 11.3 Å². The van der Waals surface area contributed by atoms with Gasteiger partial charge in [-0.1, -0.05) is 27.7 Å². The Labute approximate surface area is 133 Å². The average molecular weight is 322 g/mol. The van der Waals surface area contributed by atoms with Gasteiger partial charge in [0, 0.05) is 12.1 Å². The molecule has 0 aromatic carbocycles. The highest BCUT2D eigenvalue weighted by molar-refractivity contribution is 7.38. The number of imidazole rings is 1. The molecule has 1 unspecified atom stereocenters. The summed E-state index contributed by atoms with van der Waals surface area (Å²) in [5.74, 6) is 1.51. The number of fused-ring (bicyclic) bond motifs is 1. The first-order chi connectivity index (χ1) is 10.1. The van der Waals surface area contributed by atoms with E-state index in [1.165, 1.54) is 0 Å². The standard InChI is InChI=1S/C16H25N3O2P/c1-10(2)12-8-13-15(17-9-12)19(14(18-13)11(3)4)16(5,6)21-22(7)20/h8-11H,1-7H3/q+1. The maximum absolute atomic E-state index is 11.6. The van der Waals surface area contributed by atoms with Crippen molar-refractivity contribution in [1.29, 1.82) is 0 Å². The van der Waals surface area contributed by atoms with Gasteiger partial charge in [0.15, 0.2) is 18.0 Å². The van der Waals surface area contributed by atoms with E-state index in [4.69, 9.17) is 9.51 Å². The van der Waals surface area contributed by atoms with Crippen LogP contribution in [0.25, 0.3) is 11.2 Å². The Hall–Kier alpha value is -1.32. The molecular weight excluding hydrogens is 297 g/mol. The Morgan fingerprint density at radius 1 is 1.23 bits per heavy atom. The normalized spacial score (nSPS) is 13.4. The molecular formula is C16H25N3O2P+. The average Bonchev–Trinajstić information content (AvgIpc) is 2.76. The predicted molar refractivity (Wildman–Crippen MR) is 89.6 cm³/mol. The number of rotatable bonds is 5. The van der Waals surface area contributed by atoms with Crippen LogP contribution in [-0.2, 0) is 14.8 Å². The molecule has 2 rings (SSSR count). The fourth-order valence-corrected chi connectivity index (χ4v) is 3.30. The Morgan fingerprint density at radius 3 is 2.36 bits per heavy atom. The van der Waals surface area contributed by atoms with Gasteiger partial charge in [-0.05, 0) is 36.0 Å². The molecule has 6 heteroatoms. The van der Waals surface area contributed by atoms with E-state index in [0.29, 0.717) is 5.92 Å². The van der Waals surface area contributed by atoms with Gasteiger partial charge in [0.2, 0.25) is 0 Å². The van der Waals surface area contributed by atoms with Crippen LogP contribution >= 0.6 is 8.03 Å². The summed E-state index contributed by atoms with van der Waals surface area (Å²) in [6.07, 6.45) is 1.89. The highest BCUT2D eigenvalue weighted by Crippen LogP contribution is 2.35. The van der Waals surface area contributed by atoms with Crippen molar-refractivity contribution in [3.8, 4) is 0 Å². The second-order valence-corrected chi connectivity index (χ2v) is 7.77. The highest BCUT2D eigenvalue weighted by Gasteiger charge is 2.35. The zero-order valence-electron chi connectivity index (χ0n) is 14.4. The van der Waals surface area contributed by atoms with Crippen LogP contribution < -0.4 is 0 Å². The lowest BCUT2D eigenvalue weighted by molar-refractivity contribution is 0.0413. The molecule has 0 spiro atoms. The van der Waals surface area contributed by atoms with Crippen molar-refractivity contribution in [1.82, 2.24) is 14.5 Å². The summed E-state index contributed by atoms with van der Waals surface area (Å²) >= 11 is 0. The molecule has 0 aliphatic carbocycles. The molecule has 0 aliphatic rings. The molecule has 0 N–H and O–H groups in total. The number of pyridine rings is 1. The van der Waals surface area contributed by atoms with Crippen LogP contribution in [-0.4, -0.2) is 21.2 Å². The lowest BCUT2D eigenvalue weighted by atomic mass is 10.1. The Morgan fingerprint density at radius 2 is 1.86 bits per heavy atom. The summed E-state index contributed by atoms with van der Waals surface area (Å²) < 4.78 is 19.2. The van der Waals surface area contributed by atoms with Crippen molar-refractivity contribution in [2.75, 3.05) is 6.66 Å². The molecule has 120 valence electrons. The van der Waals surface area contributed by atoms with Crippen LogP contribution in [0.4, 0.5) is 0 Å². The van der Waals surface area contributed by atoms with Gasteiger partial charge < -0.3 is 0 Å². The molecule has 0 saturated heterocycles. The lowest BCUT2D eigenvalue weighted by Crippen LogP contribution is -2.30. The van der Waals surface area contributed by atoms with Crippen LogP contribution in [0.15, 0.2) is 12.3 Å². The maximum Gasteiger partial charge on any atom is 0.507 e. The molecule has 0 aliphatic heterocycles. The van der Waals surface area contributed by atoms with E-state index < -0.39 is 13.8 Å². The minimum absolute atomic E-state index is 0.217. The third-order valence-electron chi connectivity index (χ3n) is 3.62. The van der Waals surface area contributed by atoms with Crippen LogP contribution in [0.2, 0.25) is 0 Å². The number of nitrogens with zero attached hydrogens (tertiary/aromatic N) is 3. The van der Waals surface area contributed by atoms with Crippen molar-refractivity contribution >= 4 is 19.2 Å². The molecule has 0 radical (unpaired) electrons. The van der Waals surface area contributed by atoms with E-state index in [1.54, 1.807) is 6.66 Å². The highest BCUT2D eigenvalue weighted by atomic mass is 31.1. The third kappa shape index (κ3) is 3.21. The lowest BCUT2D eigenvalue weighted by Gasteiger charge is -2.24. The first-order valence-corrected chi connectivity index (χ1v) is 9.24. The molecule has 5 nitrogen and oxygen atoms in total. The van der Waals surface area contributed by atoms with Crippen molar-refractivity contribution < 1.29 is 9.09 Å². The molecule has 0 saturated carbocycles. The summed E-state index contributed by atoms with van der Waals surface area (Å²) in [6.45, 7) is 13.8. The predicted octanol–water partition coefficient (Wildman–Crippen LogP) is 4.76. The third-order valence-corrected chi connectivity index (χ3v) is 4.32. The number of hydrogen-bond donors (Lipinski definition) is 0. The van der Waals surface area contributed by atoms with E-state index in [-0.39, 0.29) is 5.92 Å². The largest absolute Gasteiger partial charge is 0.507 e. The number of hydrogen-bond acceptors (Lipinski definition) is 4. The van der Waals surface area contributed by atoms with Crippen molar-refractivity contribution in [3.63, 3.8) is 0 Å². The summed E-state index contributed by atoms with van der Waals surface area (Å²) in [6, 6.07) is 2.08. The minimum atomic E-state index is -1.72. The number of aromatic nitrogens is 3. The monoisotopic (exact) mass is 322 g/mol. The second kappa shape index (κ2) is 6.05. The van der Waals surface area contributed by atoms with Crippen LogP contribution in [0.5, 0.6) is 0 Å². The second-order valence-electron chi connectivity index (χ2n) is 6.70. The van der Waals surface area contributed by atoms with Gasteiger partial charge in [-0.3, -0.25) is 4.57 Å². The zero-order valence-corrected chi connectivity index (χ0v) is 15.3. The van der Waals surface area contributed by atoms with E-state index in [9.17, 15) is 4.57 Å². The first-order valence-electron chi connectivity index (χ1n) is 7.62. The maximum atomic E-state index is 11.6. The van der Waals surface area contributed by atoms with Crippen molar-refractivity contribution in [2.45, 2.75) is 59.1 Å². The molecule has 0 fully saturated rings. The summed E-state index contributed by atoms with van der Waals surface area (Å²) in [7, 11) is -1.72. The van der Waals surface area contributed by atoms with Gasteiger partial charge in [-0.15, -0.1) is 4.52 Å². The van der Waals surface area contributed by atoms with Crippen LogP contribution in [0.1, 0.15) is 64.8 Å². The topological polar surface area (TPSA) is 57.0 Å². The fraction of sp³-hybridized carbons (Fsp3) is 0.625. The summed E-state index contributed by atoms with van der Waals surface area (Å²) in [4.78, 5) is 9.36. The van der Waals surface area contributed by atoms with Crippen LogP contribution in [0.3, 0.4) is 0 Å². The summed E-state index contributed by atoms with van der Waals surface area (Å²) in [5, 5.41) is 0. The quantitative estimate of drug-likeness (QED) is 0.745. The zero-order chi connectivity index (χ0) is 16.7. The van der Waals surface area contributed by atoms with Crippen LogP contribution in [0, 0.1) is 0 Å². The van der Waals surface area contributed by atoms with Gasteiger partial charge in [-0.2, -0.15) is 0 Å². The molecule has 22 heavy (non-hydrogen) atoms. The van der Waals surface area contributed by atoms with Gasteiger partial charge >= 0.3 is 8.03 Å². The SMILES string of the molecule is CC(C)c1cnc2c(c1)nc(C(C)C)n2C(C)(C)O[P+](C)=O. The van der Waals surface area contributed by atoms with Gasteiger partial charge in [-0.25, -0.2) is 9.97 Å². The smallest absolute Gasteiger partial charge is 0.279 e. The van der Waals surface area contributed by atoms with E-state index >= 15 is 0 Å². The summed E-state index contributed by atoms with van der Waals surface area (Å²) in [5.41, 5.74) is 2.03. The first kappa shape index (κ1) is 17.0. The Balaban J connectivity index is 2.70. The Bertz CT molecular complexity index is 705. The van der Waals surface area contributed by atoms with Gasteiger partial charge in [0.05, 0.1) is 0 Å². The fourth-order valence-electron chi connectivity index (χ4n) is 2.59. The molecule has 0 amide bonds. The van der Waals surface area contributed by atoms with Crippen molar-refractivity contribution in [2.24, 2.45) is 0 Å². The minimum Gasteiger partial charge on any atom is -0.279 e. The van der Waals surface area contributed by atoms with Gasteiger partial charge in [0.25, 0.3) is 0 Å². The van der Waals surface area contributed by atoms with E-state index in [2.05, 4.69) is 38.7 Å². The molecule has 2 aromatic rings. The van der Waals surface area contributed by atoms with E-state index in [1.807, 2.05) is 24.6 Å². The Kier molecular flexibility index (Phi) is 4.69. The molecule has 0 bridgehead atoms. The molecule has 1 atom stereocenters. The molecule has 2 heterocycles.